The first-order valence-corrected chi connectivity index (χ1v) is 19.5. The number of carbonyl (C=O) groups is 4. The summed E-state index contributed by atoms with van der Waals surface area (Å²) < 4.78 is 9.53. The highest BCUT2D eigenvalue weighted by Gasteiger charge is 2.40. The second kappa shape index (κ2) is 15.6. The molecule has 2 aromatic carbocycles. The molecule has 4 N–H and O–H groups in total. The van der Waals surface area contributed by atoms with Crippen molar-refractivity contribution < 1.29 is 28.7 Å². The van der Waals surface area contributed by atoms with Gasteiger partial charge in [0.05, 0.1) is 60.4 Å². The highest BCUT2D eigenvalue weighted by molar-refractivity contribution is 5.89. The number of methoxy groups -OCH3 is 2. The van der Waals surface area contributed by atoms with Gasteiger partial charge in [0.1, 0.15) is 23.7 Å². The Bertz CT molecular complexity index is 2280. The zero-order chi connectivity index (χ0) is 38.9. The van der Waals surface area contributed by atoms with E-state index >= 15 is 0 Å². The summed E-state index contributed by atoms with van der Waals surface area (Å²) in [7, 11) is 2.59. The molecule has 2 aliphatic heterocycles. The van der Waals surface area contributed by atoms with Crippen LogP contribution in [0.1, 0.15) is 82.0 Å². The summed E-state index contributed by atoms with van der Waals surface area (Å²) in [5.74, 6) is 1.29. The fraction of sp³-hybridized carbons (Fsp3) is 0.439. The Balaban J connectivity index is 0.979. The van der Waals surface area contributed by atoms with E-state index in [1.54, 1.807) is 18.0 Å². The van der Waals surface area contributed by atoms with Gasteiger partial charge in [0.25, 0.3) is 0 Å². The predicted molar refractivity (Wildman–Crippen MR) is 208 cm³/mol. The van der Waals surface area contributed by atoms with Crippen LogP contribution in [-0.4, -0.2) is 98.1 Å². The lowest BCUT2D eigenvalue weighted by Gasteiger charge is -2.31. The Morgan fingerprint density at radius 1 is 0.732 bits per heavy atom. The molecule has 3 aliphatic rings. The van der Waals surface area contributed by atoms with Crippen LogP contribution in [0.2, 0.25) is 0 Å². The molecule has 5 aromatic rings. The fourth-order valence-electron chi connectivity index (χ4n) is 8.67. The maximum atomic E-state index is 13.9. The van der Waals surface area contributed by atoms with Crippen LogP contribution in [0.5, 0.6) is 0 Å². The van der Waals surface area contributed by atoms with Crippen LogP contribution >= 0.6 is 0 Å². The number of fused-ring (bicyclic) bond motifs is 2. The highest BCUT2D eigenvalue weighted by Crippen LogP contribution is 2.37. The van der Waals surface area contributed by atoms with Gasteiger partial charge in [0.2, 0.25) is 11.8 Å². The molecule has 0 spiro atoms. The minimum atomic E-state index is -0.715. The van der Waals surface area contributed by atoms with Crippen LogP contribution in [0, 0.1) is 5.92 Å². The minimum absolute atomic E-state index is 0.0732. The lowest BCUT2D eigenvalue weighted by atomic mass is 9.96. The van der Waals surface area contributed by atoms with Crippen LogP contribution in [0.25, 0.3) is 44.5 Å². The van der Waals surface area contributed by atoms with Crippen molar-refractivity contribution in [2.75, 3.05) is 27.3 Å². The molecule has 15 heteroatoms. The van der Waals surface area contributed by atoms with Crippen molar-refractivity contribution in [3.8, 4) is 22.5 Å². The molecular formula is C41H47N9O6. The average Bonchev–Trinajstić information content (AvgIpc) is 4.07. The van der Waals surface area contributed by atoms with Gasteiger partial charge in [0, 0.05) is 29.6 Å². The number of amides is 4. The maximum Gasteiger partial charge on any atom is 0.407 e. The van der Waals surface area contributed by atoms with Gasteiger partial charge in [-0.25, -0.2) is 24.5 Å². The molecule has 0 radical (unpaired) electrons. The molecule has 56 heavy (non-hydrogen) atoms. The van der Waals surface area contributed by atoms with Crippen LogP contribution < -0.4 is 10.6 Å². The Hall–Kier alpha value is -5.99. The second-order valence-electron chi connectivity index (χ2n) is 15.0. The third-order valence-corrected chi connectivity index (χ3v) is 11.6. The standard InChI is InChI=1S/C41H47N9O6/c1-23(43-40(53)55-2)38(51)49-18-6-10-33(49)36-42-22-32(47-36)26-13-16-28-25(20-26)12-15-29(44-28)27-14-17-30-31(21-27)46-37(45-30)34-11-7-19-50(34)39(52)35(48-41(54)56-3)24-8-4-5-9-24/h12-17,20-24,33-35H,4-11,18-19H2,1-3H3,(H,42,47)(H,43,53)(H,45,46)(H,48,54)/t23-,33-,34-,35-/m0/s1. The number of rotatable bonds is 9. The zero-order valence-electron chi connectivity index (χ0n) is 31.8. The fourth-order valence-corrected chi connectivity index (χ4v) is 8.67. The number of imidazole rings is 2. The van der Waals surface area contributed by atoms with Gasteiger partial charge in [-0.3, -0.25) is 9.59 Å². The number of aromatic nitrogens is 5. The summed E-state index contributed by atoms with van der Waals surface area (Å²) in [6, 6.07) is 14.4. The smallest absolute Gasteiger partial charge is 0.407 e. The number of alkyl carbamates (subject to hydrolysis) is 2. The second-order valence-corrected chi connectivity index (χ2v) is 15.0. The Labute approximate surface area is 323 Å². The van der Waals surface area contributed by atoms with Crippen molar-refractivity contribution >= 4 is 45.9 Å². The molecule has 0 unspecified atom stereocenters. The molecule has 3 aromatic heterocycles. The van der Waals surface area contributed by atoms with Crippen LogP contribution in [0.15, 0.2) is 54.7 Å². The lowest BCUT2D eigenvalue weighted by molar-refractivity contribution is -0.136. The molecule has 1 saturated carbocycles. The van der Waals surface area contributed by atoms with E-state index in [0.717, 1.165) is 102 Å². The van der Waals surface area contributed by atoms with Gasteiger partial charge in [-0.15, -0.1) is 0 Å². The predicted octanol–water partition coefficient (Wildman–Crippen LogP) is 6.15. The van der Waals surface area contributed by atoms with Gasteiger partial charge in [-0.05, 0) is 81.7 Å². The summed E-state index contributed by atoms with van der Waals surface area (Å²) in [4.78, 5) is 76.1. The molecule has 1 aliphatic carbocycles. The monoisotopic (exact) mass is 761 g/mol. The SMILES string of the molecule is COC(=O)N[C@@H](C)C(=O)N1CCC[C@H]1c1ncc(-c2ccc3nc(-c4ccc5nc([C@@H]6CCCN6C(=O)[C@@H](NC(=O)OC)C6CCCC6)[nH]c5c4)ccc3c2)[nH]1. The van der Waals surface area contributed by atoms with Gasteiger partial charge in [0.15, 0.2) is 0 Å². The summed E-state index contributed by atoms with van der Waals surface area (Å²) in [6.07, 6.45) is 7.75. The number of likely N-dealkylation sites (tertiary alicyclic amines) is 2. The van der Waals surface area contributed by atoms with E-state index in [4.69, 9.17) is 14.7 Å². The quantitative estimate of drug-likeness (QED) is 0.137. The van der Waals surface area contributed by atoms with E-state index < -0.39 is 24.3 Å². The molecular weight excluding hydrogens is 715 g/mol. The first-order chi connectivity index (χ1) is 27.2. The van der Waals surface area contributed by atoms with E-state index in [0.29, 0.717) is 18.9 Å². The number of ether oxygens (including phenoxy) is 2. The number of pyridine rings is 1. The molecule has 2 saturated heterocycles. The summed E-state index contributed by atoms with van der Waals surface area (Å²) >= 11 is 0. The van der Waals surface area contributed by atoms with E-state index in [-0.39, 0.29) is 29.8 Å². The number of H-pyrrole nitrogens is 2. The van der Waals surface area contributed by atoms with E-state index in [2.05, 4.69) is 42.5 Å². The number of benzene rings is 2. The summed E-state index contributed by atoms with van der Waals surface area (Å²) in [5, 5.41) is 6.37. The summed E-state index contributed by atoms with van der Waals surface area (Å²) in [6.45, 7) is 2.85. The van der Waals surface area contributed by atoms with E-state index in [9.17, 15) is 19.2 Å². The van der Waals surface area contributed by atoms with Crippen LogP contribution in [0.4, 0.5) is 9.59 Å². The van der Waals surface area contributed by atoms with Gasteiger partial charge in [-0.2, -0.15) is 0 Å². The molecule has 3 fully saturated rings. The number of carbonyl (C=O) groups excluding carboxylic acids is 4. The lowest BCUT2D eigenvalue weighted by Crippen LogP contribution is -2.51. The van der Waals surface area contributed by atoms with Gasteiger partial charge < -0.3 is 39.9 Å². The Morgan fingerprint density at radius 3 is 2.16 bits per heavy atom. The number of hydrogen-bond acceptors (Lipinski definition) is 9. The molecule has 5 heterocycles. The Kier molecular flexibility index (Phi) is 10.3. The van der Waals surface area contributed by atoms with Crippen molar-refractivity contribution in [1.29, 1.82) is 0 Å². The number of hydrogen-bond donors (Lipinski definition) is 4. The number of nitrogens with zero attached hydrogens (tertiary/aromatic N) is 5. The molecule has 0 bridgehead atoms. The first kappa shape index (κ1) is 37.0. The third kappa shape index (κ3) is 7.25. The maximum absolute atomic E-state index is 13.9. The van der Waals surface area contributed by atoms with Gasteiger partial charge in [-0.1, -0.05) is 31.0 Å². The van der Waals surface area contributed by atoms with Crippen molar-refractivity contribution in [3.63, 3.8) is 0 Å². The summed E-state index contributed by atoms with van der Waals surface area (Å²) in [5.41, 5.74) is 6.05. The average molecular weight is 762 g/mol. The number of aromatic amines is 2. The zero-order valence-corrected chi connectivity index (χ0v) is 31.8. The molecule has 15 nitrogen and oxygen atoms in total. The molecule has 292 valence electrons. The largest absolute Gasteiger partial charge is 0.453 e. The van der Waals surface area contributed by atoms with E-state index in [1.165, 1.54) is 14.2 Å². The van der Waals surface area contributed by atoms with Crippen molar-refractivity contribution in [3.05, 3.63) is 66.4 Å². The minimum Gasteiger partial charge on any atom is -0.453 e. The van der Waals surface area contributed by atoms with Crippen LogP contribution in [-0.2, 0) is 19.1 Å². The van der Waals surface area contributed by atoms with Gasteiger partial charge >= 0.3 is 12.2 Å². The van der Waals surface area contributed by atoms with Crippen molar-refractivity contribution in [2.24, 2.45) is 5.92 Å². The first-order valence-electron chi connectivity index (χ1n) is 19.5. The highest BCUT2D eigenvalue weighted by atomic mass is 16.5. The van der Waals surface area contributed by atoms with Crippen molar-refractivity contribution in [2.45, 2.75) is 82.5 Å². The third-order valence-electron chi connectivity index (χ3n) is 11.6. The normalized spacial score (nSPS) is 19.7. The van der Waals surface area contributed by atoms with E-state index in [1.807, 2.05) is 41.3 Å². The van der Waals surface area contributed by atoms with Crippen molar-refractivity contribution in [1.82, 2.24) is 45.4 Å². The Morgan fingerprint density at radius 2 is 1.41 bits per heavy atom. The molecule has 8 rings (SSSR count). The number of nitrogens with one attached hydrogen (secondary N) is 4. The molecule has 4 amide bonds. The van der Waals surface area contributed by atoms with Crippen LogP contribution in [0.3, 0.4) is 0 Å². The molecule has 4 atom stereocenters. The topological polar surface area (TPSA) is 188 Å².